The number of carbonyl (C=O) groups excluding carboxylic acids is 1. The van der Waals surface area contributed by atoms with Gasteiger partial charge >= 0.3 is 6.03 Å². The number of aryl methyl sites for hydroxylation is 1. The Hall–Kier alpha value is -2.67. The molecule has 1 aliphatic rings. The number of hydrogen-bond donors (Lipinski definition) is 3. The highest BCUT2D eigenvalue weighted by Crippen LogP contribution is 2.19. The molecule has 138 valence electrons. The van der Waals surface area contributed by atoms with Crippen LogP contribution in [-0.2, 0) is 6.42 Å². The van der Waals surface area contributed by atoms with E-state index in [1.165, 1.54) is 0 Å². The van der Waals surface area contributed by atoms with Crippen molar-refractivity contribution in [2.24, 2.45) is 5.92 Å². The Kier molecular flexibility index (Phi) is 6.01. The van der Waals surface area contributed by atoms with Crippen molar-refractivity contribution < 1.29 is 4.79 Å². The number of nitrogens with one attached hydrogen (secondary N) is 3. The molecule has 1 aromatic heterocycles. The van der Waals surface area contributed by atoms with Crippen LogP contribution in [0.15, 0.2) is 36.9 Å². The number of hydrogen-bond acceptors (Lipinski definition) is 4. The first-order valence-corrected chi connectivity index (χ1v) is 9.07. The summed E-state index contributed by atoms with van der Waals surface area (Å²) in [4.78, 5) is 19.0. The molecule has 2 aromatic rings. The van der Waals surface area contributed by atoms with E-state index in [0.29, 0.717) is 18.3 Å². The Morgan fingerprint density at radius 1 is 1.50 bits per heavy atom. The van der Waals surface area contributed by atoms with Gasteiger partial charge < -0.3 is 10.6 Å². The van der Waals surface area contributed by atoms with Gasteiger partial charge in [-0.05, 0) is 31.0 Å². The molecule has 1 saturated heterocycles. The number of H-pyrrole nitrogens is 1. The van der Waals surface area contributed by atoms with Gasteiger partial charge in [-0.1, -0.05) is 25.1 Å². The molecule has 1 atom stereocenters. The van der Waals surface area contributed by atoms with Crippen molar-refractivity contribution in [1.82, 2.24) is 25.4 Å². The molecule has 3 N–H and O–H groups in total. The maximum absolute atomic E-state index is 12.2. The minimum Gasteiger partial charge on any atom is -0.338 e. The summed E-state index contributed by atoms with van der Waals surface area (Å²) in [5, 5.41) is 13.0. The van der Waals surface area contributed by atoms with Crippen molar-refractivity contribution in [3.8, 4) is 11.4 Å². The topological polar surface area (TPSA) is 85.9 Å². The summed E-state index contributed by atoms with van der Waals surface area (Å²) >= 11 is 0. The first-order chi connectivity index (χ1) is 12.7. The third kappa shape index (κ3) is 4.70. The van der Waals surface area contributed by atoms with Crippen LogP contribution in [-0.4, -0.2) is 52.3 Å². The summed E-state index contributed by atoms with van der Waals surface area (Å²) in [6, 6.07) is 7.37. The van der Waals surface area contributed by atoms with Crippen molar-refractivity contribution in [1.29, 1.82) is 0 Å². The van der Waals surface area contributed by atoms with E-state index in [4.69, 9.17) is 0 Å². The molecular formula is C19H26N6O. The van der Waals surface area contributed by atoms with E-state index in [1.54, 1.807) is 0 Å². The van der Waals surface area contributed by atoms with Crippen LogP contribution in [0.25, 0.3) is 11.4 Å². The summed E-state index contributed by atoms with van der Waals surface area (Å²) in [6.07, 6.45) is 3.83. The van der Waals surface area contributed by atoms with Crippen LogP contribution in [0.2, 0.25) is 0 Å². The quantitative estimate of drug-likeness (QED) is 0.667. The van der Waals surface area contributed by atoms with Crippen LogP contribution in [0.3, 0.4) is 0 Å². The number of amides is 2. The van der Waals surface area contributed by atoms with E-state index in [-0.39, 0.29) is 6.03 Å². The molecule has 26 heavy (non-hydrogen) atoms. The number of likely N-dealkylation sites (tertiary alicyclic amines) is 1. The average molecular weight is 354 g/mol. The molecule has 3 rings (SSSR count). The van der Waals surface area contributed by atoms with Crippen molar-refractivity contribution >= 4 is 11.7 Å². The molecule has 7 nitrogen and oxygen atoms in total. The second-order valence-corrected chi connectivity index (χ2v) is 6.58. The first kappa shape index (κ1) is 18.1. The predicted molar refractivity (Wildman–Crippen MR) is 103 cm³/mol. The van der Waals surface area contributed by atoms with E-state index in [2.05, 4.69) is 37.3 Å². The maximum atomic E-state index is 12.2. The Bertz CT molecular complexity index is 756. The Morgan fingerprint density at radius 3 is 3.15 bits per heavy atom. The van der Waals surface area contributed by atoms with Gasteiger partial charge in [-0.15, -0.1) is 6.58 Å². The molecule has 2 heterocycles. The van der Waals surface area contributed by atoms with E-state index < -0.39 is 0 Å². The third-order valence-corrected chi connectivity index (χ3v) is 4.55. The molecule has 0 radical (unpaired) electrons. The lowest BCUT2D eigenvalue weighted by Crippen LogP contribution is -2.34. The third-order valence-electron chi connectivity index (χ3n) is 4.55. The number of aromatic nitrogens is 3. The molecule has 0 aliphatic carbocycles. The highest BCUT2D eigenvalue weighted by Gasteiger charge is 2.21. The largest absolute Gasteiger partial charge is 0.338 e. The molecule has 7 heteroatoms. The Labute approximate surface area is 153 Å². The molecular weight excluding hydrogens is 328 g/mol. The van der Waals surface area contributed by atoms with Gasteiger partial charge in [0, 0.05) is 37.3 Å². The fraction of sp³-hybridized carbons (Fsp3) is 0.421. The number of urea groups is 1. The Balaban J connectivity index is 1.51. The van der Waals surface area contributed by atoms with Gasteiger partial charge in [-0.3, -0.25) is 10.00 Å². The van der Waals surface area contributed by atoms with Crippen LogP contribution in [0.5, 0.6) is 0 Å². The van der Waals surface area contributed by atoms with Gasteiger partial charge in [0.2, 0.25) is 0 Å². The first-order valence-electron chi connectivity index (χ1n) is 9.07. The average Bonchev–Trinajstić information content (AvgIpc) is 3.30. The van der Waals surface area contributed by atoms with E-state index >= 15 is 0 Å². The highest BCUT2D eigenvalue weighted by atomic mass is 16.2. The van der Waals surface area contributed by atoms with E-state index in [0.717, 1.165) is 49.6 Å². The second kappa shape index (κ2) is 8.62. The van der Waals surface area contributed by atoms with Crippen LogP contribution in [0.1, 0.15) is 19.2 Å². The van der Waals surface area contributed by atoms with Crippen molar-refractivity contribution in [2.75, 3.05) is 31.5 Å². The van der Waals surface area contributed by atoms with Gasteiger partial charge in [-0.2, -0.15) is 5.10 Å². The summed E-state index contributed by atoms with van der Waals surface area (Å²) in [5.41, 5.74) is 1.59. The van der Waals surface area contributed by atoms with E-state index in [9.17, 15) is 4.79 Å². The molecule has 0 unspecified atom stereocenters. The summed E-state index contributed by atoms with van der Waals surface area (Å²) < 4.78 is 0. The predicted octanol–water partition coefficient (Wildman–Crippen LogP) is 2.66. The number of anilines is 1. The fourth-order valence-corrected chi connectivity index (χ4v) is 3.16. The normalized spacial score (nSPS) is 17.2. The second-order valence-electron chi connectivity index (χ2n) is 6.58. The molecule has 0 saturated carbocycles. The zero-order valence-corrected chi connectivity index (χ0v) is 15.2. The van der Waals surface area contributed by atoms with Gasteiger partial charge in [0.15, 0.2) is 5.82 Å². The molecule has 0 spiro atoms. The summed E-state index contributed by atoms with van der Waals surface area (Å²) in [5.74, 6) is 1.98. The number of carbonyl (C=O) groups is 1. The van der Waals surface area contributed by atoms with Crippen molar-refractivity contribution in [2.45, 2.75) is 19.8 Å². The monoisotopic (exact) mass is 354 g/mol. The minimum absolute atomic E-state index is 0.187. The van der Waals surface area contributed by atoms with Gasteiger partial charge in [0.25, 0.3) is 0 Å². The zero-order valence-electron chi connectivity index (χ0n) is 15.2. The van der Waals surface area contributed by atoms with Gasteiger partial charge in [0.1, 0.15) is 5.82 Å². The van der Waals surface area contributed by atoms with Crippen molar-refractivity contribution in [3.63, 3.8) is 0 Å². The van der Waals surface area contributed by atoms with Crippen molar-refractivity contribution in [3.05, 3.63) is 42.7 Å². The van der Waals surface area contributed by atoms with Gasteiger partial charge in [0.05, 0.1) is 0 Å². The lowest BCUT2D eigenvalue weighted by Gasteiger charge is -2.14. The summed E-state index contributed by atoms with van der Waals surface area (Å²) in [6.45, 7) is 9.46. The fourth-order valence-electron chi connectivity index (χ4n) is 3.16. The number of rotatable bonds is 7. The van der Waals surface area contributed by atoms with Crippen LogP contribution < -0.4 is 10.6 Å². The summed E-state index contributed by atoms with van der Waals surface area (Å²) in [7, 11) is 0. The zero-order chi connectivity index (χ0) is 18.4. The highest BCUT2D eigenvalue weighted by molar-refractivity contribution is 5.89. The number of aromatic amines is 1. The van der Waals surface area contributed by atoms with Crippen LogP contribution >= 0.6 is 0 Å². The molecule has 1 aromatic carbocycles. The van der Waals surface area contributed by atoms with E-state index in [1.807, 2.05) is 37.3 Å². The lowest BCUT2D eigenvalue weighted by molar-refractivity contribution is 0.250. The van der Waals surface area contributed by atoms with Gasteiger partial charge in [-0.25, -0.2) is 9.78 Å². The SMILES string of the molecule is C=CCN1CC[C@H](CNC(=O)Nc2cccc(-c3n[nH]c(CC)n3)c2)C1. The lowest BCUT2D eigenvalue weighted by atomic mass is 10.1. The Morgan fingerprint density at radius 2 is 2.38 bits per heavy atom. The molecule has 1 aliphatic heterocycles. The number of benzene rings is 1. The standard InChI is InChI=1S/C19H26N6O/c1-3-9-25-10-8-14(13-25)12-20-19(26)21-16-7-5-6-15(11-16)18-22-17(4-2)23-24-18/h3,5-7,11,14H,1,4,8-10,12-13H2,2H3,(H2,20,21,26)(H,22,23,24)/t14-/m1/s1. The minimum atomic E-state index is -0.187. The molecule has 0 bridgehead atoms. The van der Waals surface area contributed by atoms with Crippen LogP contribution in [0, 0.1) is 5.92 Å². The van der Waals surface area contributed by atoms with Crippen LogP contribution in [0.4, 0.5) is 10.5 Å². The number of nitrogens with zero attached hydrogens (tertiary/aromatic N) is 3. The molecule has 1 fully saturated rings. The maximum Gasteiger partial charge on any atom is 0.319 e. The molecule has 2 amide bonds. The smallest absolute Gasteiger partial charge is 0.319 e.